The van der Waals surface area contributed by atoms with E-state index < -0.39 is 0 Å². The average molecular weight is 159 g/mol. The van der Waals surface area contributed by atoms with Crippen LogP contribution in [0.5, 0.6) is 0 Å². The molecule has 10 heavy (non-hydrogen) atoms. The van der Waals surface area contributed by atoms with E-state index >= 15 is 0 Å². The normalized spacial score (nSPS) is 26.5. The van der Waals surface area contributed by atoms with Crippen LogP contribution in [-0.4, -0.2) is 35.4 Å². The number of amides is 1. The predicted molar refractivity (Wildman–Crippen MR) is 44.2 cm³/mol. The first-order valence-electron chi connectivity index (χ1n) is 3.67. The van der Waals surface area contributed by atoms with Gasteiger partial charge in [0.2, 0.25) is 6.41 Å². The Morgan fingerprint density at radius 1 is 1.80 bits per heavy atom. The fourth-order valence-corrected chi connectivity index (χ4v) is 2.29. The molecule has 0 radical (unpaired) electrons. The SMILES string of the molecule is CCC1CN(C=O)CCS1. The van der Waals surface area contributed by atoms with Crippen LogP contribution in [-0.2, 0) is 4.79 Å². The largest absolute Gasteiger partial charge is 0.343 e. The molecule has 1 rings (SSSR count). The molecule has 0 N–H and O–H groups in total. The number of carbonyl (C=O) groups is 1. The Labute approximate surface area is 66.0 Å². The van der Waals surface area contributed by atoms with Gasteiger partial charge in [0.15, 0.2) is 0 Å². The standard InChI is InChI=1S/C7H13NOS/c1-2-7-5-8(6-9)3-4-10-7/h6-7H,2-5H2,1H3. The van der Waals surface area contributed by atoms with Crippen molar-refractivity contribution in [3.63, 3.8) is 0 Å². The van der Waals surface area contributed by atoms with E-state index in [0.717, 1.165) is 25.3 Å². The lowest BCUT2D eigenvalue weighted by atomic mass is 10.3. The molecule has 0 saturated carbocycles. The van der Waals surface area contributed by atoms with Crippen molar-refractivity contribution in [3.8, 4) is 0 Å². The smallest absolute Gasteiger partial charge is 0.209 e. The Bertz CT molecular complexity index is 118. The lowest BCUT2D eigenvalue weighted by molar-refractivity contribution is -0.118. The Morgan fingerprint density at radius 2 is 2.60 bits per heavy atom. The molecule has 0 aromatic heterocycles. The number of hydrogen-bond donors (Lipinski definition) is 0. The van der Waals surface area contributed by atoms with Gasteiger partial charge >= 0.3 is 0 Å². The molecule has 3 heteroatoms. The number of carbonyl (C=O) groups excluding carboxylic acids is 1. The van der Waals surface area contributed by atoms with Crippen LogP contribution in [0.15, 0.2) is 0 Å². The van der Waals surface area contributed by atoms with Crippen LogP contribution in [0.2, 0.25) is 0 Å². The molecule has 1 aliphatic heterocycles. The summed E-state index contributed by atoms with van der Waals surface area (Å²) in [4.78, 5) is 12.2. The molecule has 1 fully saturated rings. The Morgan fingerprint density at radius 3 is 3.20 bits per heavy atom. The zero-order valence-electron chi connectivity index (χ0n) is 6.25. The summed E-state index contributed by atoms with van der Waals surface area (Å²) in [5.41, 5.74) is 0. The highest BCUT2D eigenvalue weighted by Gasteiger charge is 2.16. The van der Waals surface area contributed by atoms with Gasteiger partial charge in [-0.2, -0.15) is 11.8 Å². The van der Waals surface area contributed by atoms with Gasteiger partial charge in [0.05, 0.1) is 0 Å². The van der Waals surface area contributed by atoms with Gasteiger partial charge in [0.1, 0.15) is 0 Å². The highest BCUT2D eigenvalue weighted by molar-refractivity contribution is 8.00. The Balaban J connectivity index is 2.31. The zero-order valence-corrected chi connectivity index (χ0v) is 7.06. The van der Waals surface area contributed by atoms with Gasteiger partial charge in [-0.25, -0.2) is 0 Å². The van der Waals surface area contributed by atoms with Gasteiger partial charge in [0.25, 0.3) is 0 Å². The topological polar surface area (TPSA) is 20.3 Å². The third-order valence-electron chi connectivity index (χ3n) is 1.77. The van der Waals surface area contributed by atoms with Gasteiger partial charge in [-0.05, 0) is 6.42 Å². The first-order valence-corrected chi connectivity index (χ1v) is 4.72. The highest BCUT2D eigenvalue weighted by Crippen LogP contribution is 2.19. The maximum absolute atomic E-state index is 10.3. The van der Waals surface area contributed by atoms with Crippen molar-refractivity contribution in [3.05, 3.63) is 0 Å². The van der Waals surface area contributed by atoms with Crippen molar-refractivity contribution in [1.29, 1.82) is 0 Å². The average Bonchev–Trinajstić information content (AvgIpc) is 2.05. The summed E-state index contributed by atoms with van der Waals surface area (Å²) in [6, 6.07) is 0. The van der Waals surface area contributed by atoms with Crippen LogP contribution >= 0.6 is 11.8 Å². The van der Waals surface area contributed by atoms with Gasteiger partial charge in [0, 0.05) is 24.1 Å². The second kappa shape index (κ2) is 3.86. The summed E-state index contributed by atoms with van der Waals surface area (Å²) in [5, 5.41) is 0.680. The summed E-state index contributed by atoms with van der Waals surface area (Å²) in [6.45, 7) is 4.06. The minimum Gasteiger partial charge on any atom is -0.343 e. The summed E-state index contributed by atoms with van der Waals surface area (Å²) < 4.78 is 0. The molecule has 1 aliphatic rings. The number of thioether (sulfide) groups is 1. The Kier molecular flexibility index (Phi) is 3.06. The maximum atomic E-state index is 10.3. The molecular formula is C7H13NOS. The van der Waals surface area contributed by atoms with E-state index in [2.05, 4.69) is 6.92 Å². The van der Waals surface area contributed by atoms with E-state index in [1.807, 2.05) is 16.7 Å². The molecule has 0 spiro atoms. The molecule has 2 nitrogen and oxygen atoms in total. The molecule has 58 valence electrons. The van der Waals surface area contributed by atoms with Crippen LogP contribution in [0, 0.1) is 0 Å². The molecule has 0 aromatic carbocycles. The monoisotopic (exact) mass is 159 g/mol. The predicted octanol–water partition coefficient (Wildman–Crippen LogP) is 0.970. The third kappa shape index (κ3) is 1.90. The minimum absolute atomic E-state index is 0.680. The van der Waals surface area contributed by atoms with Crippen molar-refractivity contribution in [2.24, 2.45) is 0 Å². The van der Waals surface area contributed by atoms with Crippen molar-refractivity contribution in [2.45, 2.75) is 18.6 Å². The van der Waals surface area contributed by atoms with E-state index in [0.29, 0.717) is 5.25 Å². The second-order valence-corrected chi connectivity index (χ2v) is 3.91. The molecule has 1 saturated heterocycles. The van der Waals surface area contributed by atoms with E-state index in [-0.39, 0.29) is 0 Å². The number of rotatable bonds is 2. The van der Waals surface area contributed by atoms with Crippen LogP contribution < -0.4 is 0 Å². The number of hydrogen-bond acceptors (Lipinski definition) is 2. The van der Waals surface area contributed by atoms with Crippen LogP contribution in [0.1, 0.15) is 13.3 Å². The van der Waals surface area contributed by atoms with Gasteiger partial charge in [-0.15, -0.1) is 0 Å². The van der Waals surface area contributed by atoms with Crippen molar-refractivity contribution in [1.82, 2.24) is 4.90 Å². The van der Waals surface area contributed by atoms with Gasteiger partial charge in [-0.3, -0.25) is 4.79 Å². The summed E-state index contributed by atoms with van der Waals surface area (Å²) in [7, 11) is 0. The van der Waals surface area contributed by atoms with Crippen LogP contribution in [0.4, 0.5) is 0 Å². The quantitative estimate of drug-likeness (QED) is 0.560. The third-order valence-corrected chi connectivity index (χ3v) is 3.15. The lowest BCUT2D eigenvalue weighted by Gasteiger charge is -2.28. The molecule has 0 aliphatic carbocycles. The lowest BCUT2D eigenvalue weighted by Crippen LogP contribution is -2.36. The van der Waals surface area contributed by atoms with Crippen molar-refractivity contribution < 1.29 is 4.79 Å². The molecule has 1 amide bonds. The number of nitrogens with zero attached hydrogens (tertiary/aromatic N) is 1. The van der Waals surface area contributed by atoms with E-state index in [1.165, 1.54) is 6.42 Å². The fourth-order valence-electron chi connectivity index (χ4n) is 1.08. The van der Waals surface area contributed by atoms with Crippen LogP contribution in [0.3, 0.4) is 0 Å². The van der Waals surface area contributed by atoms with E-state index in [1.54, 1.807) is 0 Å². The molecule has 0 aromatic rings. The highest BCUT2D eigenvalue weighted by atomic mass is 32.2. The summed E-state index contributed by atoms with van der Waals surface area (Å²) in [5.74, 6) is 1.11. The first-order chi connectivity index (χ1) is 4.86. The molecule has 1 heterocycles. The molecule has 1 atom stereocenters. The van der Waals surface area contributed by atoms with E-state index in [4.69, 9.17) is 0 Å². The Hall–Kier alpha value is -0.180. The maximum Gasteiger partial charge on any atom is 0.209 e. The minimum atomic E-state index is 0.680. The second-order valence-electron chi connectivity index (χ2n) is 2.50. The first kappa shape index (κ1) is 7.92. The van der Waals surface area contributed by atoms with Crippen molar-refractivity contribution in [2.75, 3.05) is 18.8 Å². The zero-order chi connectivity index (χ0) is 7.40. The fraction of sp³-hybridized carbons (Fsp3) is 0.857. The molecule has 0 bridgehead atoms. The summed E-state index contributed by atoms with van der Waals surface area (Å²) >= 11 is 1.98. The molecule has 1 unspecified atom stereocenters. The van der Waals surface area contributed by atoms with Crippen LogP contribution in [0.25, 0.3) is 0 Å². The van der Waals surface area contributed by atoms with Gasteiger partial charge in [-0.1, -0.05) is 6.92 Å². The van der Waals surface area contributed by atoms with Crippen molar-refractivity contribution >= 4 is 18.2 Å². The molecular weight excluding hydrogens is 146 g/mol. The summed E-state index contributed by atoms with van der Waals surface area (Å²) in [6.07, 6.45) is 2.14. The van der Waals surface area contributed by atoms with E-state index in [9.17, 15) is 4.79 Å². The van der Waals surface area contributed by atoms with Gasteiger partial charge < -0.3 is 4.90 Å².